The molecule has 0 saturated heterocycles. The van der Waals surface area contributed by atoms with E-state index in [-0.39, 0.29) is 10.8 Å². The lowest BCUT2D eigenvalue weighted by molar-refractivity contribution is 0.587. The molecule has 2 heteroatoms. The molecule has 102 valence electrons. The third-order valence-corrected chi connectivity index (χ3v) is 3.81. The fourth-order valence-corrected chi connectivity index (χ4v) is 2.72. The Bertz CT molecular complexity index is 866. The van der Waals surface area contributed by atoms with Gasteiger partial charge in [0.2, 0.25) is 0 Å². The fourth-order valence-electron chi connectivity index (χ4n) is 2.72. The fraction of sp³-hybridized carbons (Fsp3) is 0.278. The molecule has 0 fully saturated rings. The minimum atomic E-state index is -0.142. The van der Waals surface area contributed by atoms with E-state index in [2.05, 4.69) is 37.9 Å². The maximum atomic E-state index is 12.9. The Morgan fingerprint density at radius 2 is 1.50 bits per heavy atom. The molecule has 3 aromatic rings. The number of aromatic amines is 1. The van der Waals surface area contributed by atoms with Gasteiger partial charge in [-0.25, -0.2) is 0 Å². The molecule has 20 heavy (non-hydrogen) atoms. The zero-order valence-electron chi connectivity index (χ0n) is 12.4. The van der Waals surface area contributed by atoms with E-state index in [1.165, 1.54) is 0 Å². The number of H-pyrrole nitrogens is 1. The van der Waals surface area contributed by atoms with Crippen molar-refractivity contribution in [3.05, 3.63) is 57.9 Å². The number of aryl methyl sites for hydroxylation is 1. The first-order chi connectivity index (χ1) is 9.38. The Labute approximate surface area is 118 Å². The van der Waals surface area contributed by atoms with E-state index in [0.29, 0.717) is 0 Å². The summed E-state index contributed by atoms with van der Waals surface area (Å²) in [5.74, 6) is 0. The molecule has 0 saturated carbocycles. The molecule has 2 nitrogen and oxygen atoms in total. The summed E-state index contributed by atoms with van der Waals surface area (Å²) in [5, 5.41) is 2.88. The van der Waals surface area contributed by atoms with Crippen LogP contribution in [0.15, 0.2) is 41.2 Å². The summed E-state index contributed by atoms with van der Waals surface area (Å²) in [4.78, 5) is 16.2. The van der Waals surface area contributed by atoms with Crippen LogP contribution in [0.5, 0.6) is 0 Å². The molecule has 0 aliphatic carbocycles. The lowest BCUT2D eigenvalue weighted by atomic mass is 9.85. The largest absolute Gasteiger partial charge is 0.358 e. The van der Waals surface area contributed by atoms with E-state index in [4.69, 9.17) is 0 Å². The first-order valence-corrected chi connectivity index (χ1v) is 6.94. The molecule has 0 unspecified atom stereocenters. The molecule has 2 aromatic carbocycles. The SMILES string of the molecule is Cc1ccc2ccc3ccc(C(C)(C)C)c(=O)c3c2[nH]1. The van der Waals surface area contributed by atoms with Gasteiger partial charge >= 0.3 is 0 Å². The van der Waals surface area contributed by atoms with Gasteiger partial charge in [0.25, 0.3) is 0 Å². The van der Waals surface area contributed by atoms with Crippen molar-refractivity contribution in [2.45, 2.75) is 33.1 Å². The lowest BCUT2D eigenvalue weighted by Crippen LogP contribution is -2.22. The van der Waals surface area contributed by atoms with Crippen LogP contribution in [0.3, 0.4) is 0 Å². The minimum absolute atomic E-state index is 0.141. The monoisotopic (exact) mass is 265 g/mol. The van der Waals surface area contributed by atoms with Crippen LogP contribution in [0.25, 0.3) is 21.7 Å². The summed E-state index contributed by atoms with van der Waals surface area (Å²) < 4.78 is 0. The second-order valence-electron chi connectivity index (χ2n) is 6.46. The first-order valence-electron chi connectivity index (χ1n) is 6.94. The van der Waals surface area contributed by atoms with Gasteiger partial charge < -0.3 is 4.98 Å². The molecule has 1 aromatic heterocycles. The van der Waals surface area contributed by atoms with Crippen LogP contribution in [0.4, 0.5) is 0 Å². The predicted molar refractivity (Wildman–Crippen MR) is 85.5 cm³/mol. The number of rotatable bonds is 0. The van der Waals surface area contributed by atoms with Crippen LogP contribution in [0.2, 0.25) is 0 Å². The molecular formula is C18H19NO. The van der Waals surface area contributed by atoms with Crippen LogP contribution in [-0.2, 0) is 5.41 Å². The van der Waals surface area contributed by atoms with E-state index in [0.717, 1.165) is 32.9 Å². The van der Waals surface area contributed by atoms with Crippen molar-refractivity contribution in [1.29, 1.82) is 0 Å². The van der Waals surface area contributed by atoms with Gasteiger partial charge in [-0.05, 0) is 29.2 Å². The minimum Gasteiger partial charge on any atom is -0.358 e. The molecule has 0 spiro atoms. The van der Waals surface area contributed by atoms with Crippen molar-refractivity contribution < 1.29 is 0 Å². The number of aromatic nitrogens is 1. The lowest BCUT2D eigenvalue weighted by Gasteiger charge is -2.18. The average molecular weight is 265 g/mol. The van der Waals surface area contributed by atoms with E-state index >= 15 is 0 Å². The van der Waals surface area contributed by atoms with Crippen molar-refractivity contribution in [1.82, 2.24) is 4.98 Å². The second kappa shape index (κ2) is 4.20. The number of fused-ring (bicyclic) bond motifs is 3. The molecule has 0 atom stereocenters. The third-order valence-electron chi connectivity index (χ3n) is 3.81. The molecule has 1 N–H and O–H groups in total. The Hall–Kier alpha value is -2.09. The molecule has 0 bridgehead atoms. The standard InChI is InChI=1S/C18H19NO/c1-11-5-6-13-8-7-12-9-10-14(18(2,3)4)17(20)15(12)16(13)19-11/h5-10,19H,1-4H3. The van der Waals surface area contributed by atoms with Gasteiger partial charge in [0.05, 0.1) is 10.9 Å². The summed E-state index contributed by atoms with van der Waals surface area (Å²) in [6, 6.07) is 12.2. The summed E-state index contributed by atoms with van der Waals surface area (Å²) in [7, 11) is 0. The summed E-state index contributed by atoms with van der Waals surface area (Å²) in [6.07, 6.45) is 0. The van der Waals surface area contributed by atoms with Gasteiger partial charge in [0, 0.05) is 11.3 Å². The van der Waals surface area contributed by atoms with Gasteiger partial charge in [0.15, 0.2) is 5.43 Å². The molecule has 0 aliphatic heterocycles. The van der Waals surface area contributed by atoms with Crippen LogP contribution in [0, 0.1) is 6.92 Å². The van der Waals surface area contributed by atoms with Gasteiger partial charge in [-0.2, -0.15) is 0 Å². The number of hydrogen-bond donors (Lipinski definition) is 1. The average Bonchev–Trinajstić information content (AvgIpc) is 2.36. The summed E-state index contributed by atoms with van der Waals surface area (Å²) >= 11 is 0. The van der Waals surface area contributed by atoms with Crippen molar-refractivity contribution in [3.63, 3.8) is 0 Å². The van der Waals surface area contributed by atoms with Crippen molar-refractivity contribution in [2.75, 3.05) is 0 Å². The van der Waals surface area contributed by atoms with Crippen LogP contribution < -0.4 is 5.43 Å². The molecule has 3 rings (SSSR count). The van der Waals surface area contributed by atoms with Gasteiger partial charge in [-0.3, -0.25) is 4.79 Å². The number of benzene rings is 2. The van der Waals surface area contributed by atoms with E-state index in [1.54, 1.807) is 0 Å². The highest BCUT2D eigenvalue weighted by Crippen LogP contribution is 2.26. The highest BCUT2D eigenvalue weighted by Gasteiger charge is 2.19. The van der Waals surface area contributed by atoms with Crippen LogP contribution in [-0.4, -0.2) is 4.98 Å². The number of hydrogen-bond acceptors (Lipinski definition) is 1. The predicted octanol–water partition coefficient (Wildman–Crippen LogP) is 4.29. The highest BCUT2D eigenvalue weighted by molar-refractivity contribution is 6.05. The Morgan fingerprint density at radius 3 is 2.20 bits per heavy atom. The molecular weight excluding hydrogens is 246 g/mol. The maximum absolute atomic E-state index is 12.9. The van der Waals surface area contributed by atoms with E-state index < -0.39 is 0 Å². The van der Waals surface area contributed by atoms with Gasteiger partial charge in [-0.1, -0.05) is 51.1 Å². The van der Waals surface area contributed by atoms with Gasteiger partial charge in [-0.15, -0.1) is 0 Å². The van der Waals surface area contributed by atoms with Crippen molar-refractivity contribution in [3.8, 4) is 0 Å². The van der Waals surface area contributed by atoms with E-state index in [9.17, 15) is 4.79 Å². The summed E-state index contributed by atoms with van der Waals surface area (Å²) in [6.45, 7) is 8.25. The third kappa shape index (κ3) is 1.92. The quantitative estimate of drug-likeness (QED) is 0.604. The molecule has 1 heterocycles. The van der Waals surface area contributed by atoms with Crippen molar-refractivity contribution in [2.24, 2.45) is 0 Å². The zero-order valence-corrected chi connectivity index (χ0v) is 12.4. The maximum Gasteiger partial charge on any atom is 0.192 e. The Morgan fingerprint density at radius 1 is 0.900 bits per heavy atom. The topological polar surface area (TPSA) is 32.9 Å². The second-order valence-corrected chi connectivity index (χ2v) is 6.46. The van der Waals surface area contributed by atoms with E-state index in [1.807, 2.05) is 31.2 Å². The molecule has 0 radical (unpaired) electrons. The normalized spacial score (nSPS) is 12.2. The number of nitrogens with one attached hydrogen (secondary N) is 1. The number of pyridine rings is 1. The zero-order chi connectivity index (χ0) is 14.5. The Balaban J connectivity index is 2.54. The first kappa shape index (κ1) is 12.9. The molecule has 0 aliphatic rings. The van der Waals surface area contributed by atoms with Gasteiger partial charge in [0.1, 0.15) is 0 Å². The molecule has 0 amide bonds. The Kier molecular flexibility index (Phi) is 2.72. The highest BCUT2D eigenvalue weighted by atomic mass is 16.1. The smallest absolute Gasteiger partial charge is 0.192 e. The summed E-state index contributed by atoms with van der Waals surface area (Å²) in [5.41, 5.74) is 2.87. The van der Waals surface area contributed by atoms with Crippen molar-refractivity contribution >= 4 is 21.7 Å². The van der Waals surface area contributed by atoms with Crippen LogP contribution >= 0.6 is 0 Å². The van der Waals surface area contributed by atoms with Crippen LogP contribution in [0.1, 0.15) is 32.0 Å².